The zero-order valence-corrected chi connectivity index (χ0v) is 6.93. The van der Waals surface area contributed by atoms with Crippen LogP contribution in [0.5, 0.6) is 0 Å². The van der Waals surface area contributed by atoms with Crippen molar-refractivity contribution in [2.45, 2.75) is 0 Å². The molecule has 0 fully saturated rings. The van der Waals surface area contributed by atoms with E-state index in [1.54, 1.807) is 0 Å². The molecule has 0 nitrogen and oxygen atoms in total. The van der Waals surface area contributed by atoms with Gasteiger partial charge in [-0.1, -0.05) is 0 Å². The molecule has 0 bridgehead atoms. The van der Waals surface area contributed by atoms with Crippen LogP contribution in [0.2, 0.25) is 0 Å². The summed E-state index contributed by atoms with van der Waals surface area (Å²) in [6, 6.07) is 0. The van der Waals surface area contributed by atoms with Gasteiger partial charge < -0.3 is 0 Å². The predicted octanol–water partition coefficient (Wildman–Crippen LogP) is 2.48. The Kier molecular flexibility index (Phi) is 32.5. The minimum absolute atomic E-state index is 0. The third kappa shape index (κ3) is 47700. The summed E-state index contributed by atoms with van der Waals surface area (Å²) in [5.74, 6) is 0. The first-order valence-corrected chi connectivity index (χ1v) is 5.67. The van der Waals surface area contributed by atoms with Gasteiger partial charge >= 0.3 is 34.4 Å². The van der Waals surface area contributed by atoms with Crippen LogP contribution in [0.15, 0.2) is 0 Å². The monoisotopic (exact) mass is 316 g/mol. The Morgan fingerprint density at radius 2 is 0.455 bits per heavy atom. The average molecular weight is 317 g/mol. The summed E-state index contributed by atoms with van der Waals surface area (Å²) < 4.78 is 49.6. The molecule has 0 aliphatic carbocycles. The van der Waals surface area contributed by atoms with Crippen molar-refractivity contribution in [2.24, 2.45) is 0 Å². The number of rotatable bonds is 0. The van der Waals surface area contributed by atoms with E-state index in [0.29, 0.717) is 0 Å². The molecule has 0 aliphatic heterocycles. The molecule has 0 N–H and O–H groups in total. The molecule has 0 aromatic heterocycles. The van der Waals surface area contributed by atoms with E-state index in [0.717, 1.165) is 0 Å². The fourth-order valence-corrected chi connectivity index (χ4v) is 0. The van der Waals surface area contributed by atoms with E-state index in [9.17, 15) is 14.1 Å². The van der Waals surface area contributed by atoms with Crippen molar-refractivity contribution in [2.75, 3.05) is 0 Å². The van der Waals surface area contributed by atoms with E-state index in [1.807, 2.05) is 0 Å². The molecular weight excluding hydrogens is 312 g/mol. The van der Waals surface area contributed by atoms with Gasteiger partial charge in [0.05, 0.1) is 0 Å². The second-order valence-corrected chi connectivity index (χ2v) is 4.29. The maximum absolute atomic E-state index is 9.91. The molecule has 11 heavy (non-hydrogen) atoms. The standard InChI is InChI=1S/10FH.Sb/h10*1H;/q;;;;;;;;;;+5/p-5. The van der Waals surface area contributed by atoms with E-state index < -0.39 is 20.3 Å². The fraction of sp³-hybridized carbons (Fsp3) is 0. The molecule has 0 spiro atoms. The predicted molar refractivity (Wildman–Crippen MR) is 23.8 cm³/mol. The summed E-state index contributed by atoms with van der Waals surface area (Å²) >= 11 is -9.19. The Balaban J connectivity index is -0.0000000125. The molecule has 11 heteroatoms. The Morgan fingerprint density at radius 1 is 0.455 bits per heavy atom. The Bertz CT molecular complexity index is 38.1. The summed E-state index contributed by atoms with van der Waals surface area (Å²) in [6.07, 6.45) is 0. The molecule has 0 amide bonds. The third-order valence-electron chi connectivity index (χ3n) is 0. The summed E-state index contributed by atoms with van der Waals surface area (Å²) in [6.45, 7) is 0. The summed E-state index contributed by atoms with van der Waals surface area (Å²) in [5, 5.41) is 0. The molecule has 0 atom stereocenters. The van der Waals surface area contributed by atoms with Crippen molar-refractivity contribution in [3.8, 4) is 0 Å². The topological polar surface area (TPSA) is 0 Å². The number of halogens is 10. The van der Waals surface area contributed by atoms with Crippen LogP contribution in [0.3, 0.4) is 0 Å². The van der Waals surface area contributed by atoms with Gasteiger partial charge in [-0.15, -0.1) is 0 Å². The molecule has 0 radical (unpaired) electrons. The molecule has 0 unspecified atom stereocenters. The number of hydrogen-bond acceptors (Lipinski definition) is 0. The van der Waals surface area contributed by atoms with Gasteiger partial charge in [0, 0.05) is 0 Å². The van der Waals surface area contributed by atoms with Gasteiger partial charge in [-0.3, -0.25) is 23.5 Å². The molecule has 0 heterocycles. The van der Waals surface area contributed by atoms with Crippen LogP contribution >= 0.6 is 0 Å². The first-order chi connectivity index (χ1) is 2.24. The van der Waals surface area contributed by atoms with Crippen molar-refractivity contribution in [1.82, 2.24) is 0 Å². The van der Waals surface area contributed by atoms with E-state index in [2.05, 4.69) is 0 Å². The van der Waals surface area contributed by atoms with E-state index in [1.165, 1.54) is 0 Å². The van der Waals surface area contributed by atoms with Crippen molar-refractivity contribution >= 4 is 20.3 Å². The minimum atomic E-state index is -9.19. The molecule has 0 aliphatic rings. The molecule has 80 valence electrons. The van der Waals surface area contributed by atoms with Crippen LogP contribution in [-0.2, 0) is 0 Å². The maximum atomic E-state index is 9.91. The van der Waals surface area contributed by atoms with Crippen LogP contribution in [-0.4, -0.2) is 20.3 Å². The molecule has 0 aromatic carbocycles. The quantitative estimate of drug-likeness (QED) is 0.476. The number of hydrogen-bond donors (Lipinski definition) is 0. The van der Waals surface area contributed by atoms with Crippen molar-refractivity contribution in [3.05, 3.63) is 0 Å². The summed E-state index contributed by atoms with van der Waals surface area (Å²) in [4.78, 5) is 0. The second kappa shape index (κ2) is 8.22. The van der Waals surface area contributed by atoms with Gasteiger partial charge in [0.15, 0.2) is 0 Å². The van der Waals surface area contributed by atoms with Crippen molar-refractivity contribution in [1.29, 1.82) is 0 Å². The molecular formula is H5F10Sb. The molecule has 0 rings (SSSR count). The zero-order valence-electron chi connectivity index (χ0n) is 4.38. The molecule has 0 saturated carbocycles. The van der Waals surface area contributed by atoms with Gasteiger partial charge in [-0.2, -0.15) is 0 Å². The summed E-state index contributed by atoms with van der Waals surface area (Å²) in [7, 11) is 0. The van der Waals surface area contributed by atoms with E-state index >= 15 is 0 Å². The van der Waals surface area contributed by atoms with Gasteiger partial charge in [0.1, 0.15) is 0 Å². The van der Waals surface area contributed by atoms with E-state index in [4.69, 9.17) is 0 Å². The van der Waals surface area contributed by atoms with Crippen LogP contribution in [0.25, 0.3) is 0 Å². The van der Waals surface area contributed by atoms with Crippen molar-refractivity contribution < 1.29 is 37.6 Å². The molecule has 0 saturated heterocycles. The Labute approximate surface area is 58.6 Å². The van der Waals surface area contributed by atoms with Crippen LogP contribution < -0.4 is 0 Å². The Morgan fingerprint density at radius 3 is 0.455 bits per heavy atom. The second-order valence-electron chi connectivity index (χ2n) is 0.639. The first-order valence-electron chi connectivity index (χ1n) is 0.845. The van der Waals surface area contributed by atoms with Gasteiger partial charge in [0.25, 0.3) is 0 Å². The normalized spacial score (nSPS) is 10.5. The Hall–Kier alpha value is 0.118. The van der Waals surface area contributed by atoms with Crippen LogP contribution in [0.4, 0.5) is 37.6 Å². The van der Waals surface area contributed by atoms with E-state index in [-0.39, 0.29) is 23.5 Å². The fourth-order valence-electron chi connectivity index (χ4n) is 0. The van der Waals surface area contributed by atoms with Gasteiger partial charge in [-0.05, 0) is 0 Å². The van der Waals surface area contributed by atoms with Gasteiger partial charge in [-0.25, -0.2) is 0 Å². The summed E-state index contributed by atoms with van der Waals surface area (Å²) in [5.41, 5.74) is 0. The van der Waals surface area contributed by atoms with Crippen LogP contribution in [0.1, 0.15) is 0 Å². The first kappa shape index (κ1) is 43.5. The zero-order chi connectivity index (χ0) is 5.45. The third-order valence-corrected chi connectivity index (χ3v) is 0. The molecule has 0 aromatic rings. The van der Waals surface area contributed by atoms with Crippen LogP contribution in [0, 0.1) is 0 Å². The SMILES string of the molecule is F.F.F.F.F.[F][Sb]([F])([F])([F])[F]. The van der Waals surface area contributed by atoms with Crippen molar-refractivity contribution in [3.63, 3.8) is 0 Å². The average Bonchev–Trinajstić information content (AvgIpc) is 0.650. The van der Waals surface area contributed by atoms with Gasteiger partial charge in [0.2, 0.25) is 0 Å².